The second kappa shape index (κ2) is 8.34. The molecule has 2 amide bonds. The largest absolute Gasteiger partial charge is 0.493 e. The maximum atomic E-state index is 12.3. The average Bonchev–Trinajstić information content (AvgIpc) is 3.12. The molecule has 136 valence electrons. The Labute approximate surface area is 148 Å². The molecule has 25 heavy (non-hydrogen) atoms. The Morgan fingerprint density at radius 1 is 1.40 bits per heavy atom. The van der Waals surface area contributed by atoms with Crippen molar-refractivity contribution in [1.82, 2.24) is 10.6 Å². The lowest BCUT2D eigenvalue weighted by atomic mass is 10.0. The molecule has 2 aliphatic heterocycles. The summed E-state index contributed by atoms with van der Waals surface area (Å²) in [6, 6.07) is 5.57. The van der Waals surface area contributed by atoms with E-state index >= 15 is 0 Å². The third-order valence-corrected chi connectivity index (χ3v) is 4.72. The highest BCUT2D eigenvalue weighted by Gasteiger charge is 2.24. The molecular weight excluding hydrogens is 320 g/mol. The van der Waals surface area contributed by atoms with Crippen LogP contribution in [-0.2, 0) is 20.9 Å². The summed E-state index contributed by atoms with van der Waals surface area (Å²) in [7, 11) is 0. The van der Waals surface area contributed by atoms with Gasteiger partial charge in [0.2, 0.25) is 11.8 Å². The predicted octanol–water partition coefficient (Wildman–Crippen LogP) is 1.70. The molecule has 0 radical (unpaired) electrons. The first kappa shape index (κ1) is 17.7. The van der Waals surface area contributed by atoms with Crippen LogP contribution in [0, 0.1) is 12.8 Å². The molecule has 0 bridgehead atoms. The summed E-state index contributed by atoms with van der Waals surface area (Å²) in [5.74, 6) is 1.05. The van der Waals surface area contributed by atoms with E-state index in [1.165, 1.54) is 0 Å². The Kier molecular flexibility index (Phi) is 5.91. The van der Waals surface area contributed by atoms with Gasteiger partial charge in [0, 0.05) is 31.1 Å². The monoisotopic (exact) mass is 346 g/mol. The van der Waals surface area contributed by atoms with Crippen LogP contribution in [0.5, 0.6) is 5.75 Å². The second-order valence-electron chi connectivity index (χ2n) is 6.88. The zero-order valence-electron chi connectivity index (χ0n) is 14.7. The maximum absolute atomic E-state index is 12.3. The van der Waals surface area contributed by atoms with Crippen molar-refractivity contribution in [2.75, 3.05) is 19.8 Å². The van der Waals surface area contributed by atoms with Crippen molar-refractivity contribution in [1.29, 1.82) is 0 Å². The standard InChI is InChI=1S/C19H26N2O4/c1-13-5-6-15(17(9-13)25-12-14-7-8-24-11-14)10-20-19(23)16-3-2-4-18(22)21-16/h5-6,9,14,16H,2-4,7-8,10-12H2,1H3,(H,20,23)(H,21,22)/t14?,16-/m1/s1. The molecule has 2 atom stereocenters. The smallest absolute Gasteiger partial charge is 0.242 e. The summed E-state index contributed by atoms with van der Waals surface area (Å²) in [6.07, 6.45) is 2.98. The Morgan fingerprint density at radius 2 is 2.28 bits per heavy atom. The Bertz CT molecular complexity index is 626. The lowest BCUT2D eigenvalue weighted by Gasteiger charge is -2.22. The first-order valence-electron chi connectivity index (χ1n) is 8.99. The van der Waals surface area contributed by atoms with E-state index < -0.39 is 6.04 Å². The molecule has 2 heterocycles. The van der Waals surface area contributed by atoms with Gasteiger partial charge in [-0.1, -0.05) is 12.1 Å². The van der Waals surface area contributed by atoms with Crippen LogP contribution < -0.4 is 15.4 Å². The molecule has 0 aliphatic carbocycles. The van der Waals surface area contributed by atoms with E-state index in [4.69, 9.17) is 9.47 Å². The van der Waals surface area contributed by atoms with Crippen LogP contribution in [0.1, 0.15) is 36.8 Å². The Hall–Kier alpha value is -2.08. The van der Waals surface area contributed by atoms with Crippen LogP contribution in [0.3, 0.4) is 0 Å². The van der Waals surface area contributed by atoms with Gasteiger partial charge in [-0.15, -0.1) is 0 Å². The minimum Gasteiger partial charge on any atom is -0.493 e. The number of nitrogens with one attached hydrogen (secondary N) is 2. The first-order chi connectivity index (χ1) is 12.1. The van der Waals surface area contributed by atoms with Gasteiger partial charge in [-0.05, 0) is 37.8 Å². The zero-order valence-corrected chi connectivity index (χ0v) is 14.7. The van der Waals surface area contributed by atoms with Gasteiger partial charge in [0.15, 0.2) is 0 Å². The van der Waals surface area contributed by atoms with Crippen LogP contribution in [0.4, 0.5) is 0 Å². The highest BCUT2D eigenvalue weighted by atomic mass is 16.5. The van der Waals surface area contributed by atoms with Gasteiger partial charge in [0.05, 0.1) is 13.2 Å². The van der Waals surface area contributed by atoms with Crippen molar-refractivity contribution in [2.24, 2.45) is 5.92 Å². The van der Waals surface area contributed by atoms with Gasteiger partial charge in [-0.2, -0.15) is 0 Å². The van der Waals surface area contributed by atoms with E-state index in [0.717, 1.165) is 42.9 Å². The summed E-state index contributed by atoms with van der Waals surface area (Å²) < 4.78 is 11.4. The molecule has 0 spiro atoms. The number of carbonyl (C=O) groups excluding carboxylic acids is 2. The molecule has 6 nitrogen and oxygen atoms in total. The van der Waals surface area contributed by atoms with E-state index in [-0.39, 0.29) is 11.8 Å². The van der Waals surface area contributed by atoms with Crippen molar-refractivity contribution >= 4 is 11.8 Å². The molecule has 2 fully saturated rings. The Balaban J connectivity index is 1.57. The fourth-order valence-corrected chi connectivity index (χ4v) is 3.17. The quantitative estimate of drug-likeness (QED) is 0.822. The van der Waals surface area contributed by atoms with Crippen molar-refractivity contribution in [3.63, 3.8) is 0 Å². The van der Waals surface area contributed by atoms with Crippen molar-refractivity contribution in [3.8, 4) is 5.75 Å². The zero-order chi connectivity index (χ0) is 17.6. The number of ether oxygens (including phenoxy) is 2. The minimum atomic E-state index is -0.424. The molecule has 1 aromatic carbocycles. The first-order valence-corrected chi connectivity index (χ1v) is 8.99. The molecule has 6 heteroatoms. The molecule has 0 saturated carbocycles. The van der Waals surface area contributed by atoms with Crippen molar-refractivity contribution < 1.29 is 19.1 Å². The summed E-state index contributed by atoms with van der Waals surface area (Å²) in [4.78, 5) is 23.7. The average molecular weight is 346 g/mol. The van der Waals surface area contributed by atoms with Gasteiger partial charge in [-0.25, -0.2) is 0 Å². The van der Waals surface area contributed by atoms with Gasteiger partial charge in [0.1, 0.15) is 11.8 Å². The third kappa shape index (κ3) is 4.95. The number of hydrogen-bond acceptors (Lipinski definition) is 4. The predicted molar refractivity (Wildman–Crippen MR) is 93.2 cm³/mol. The van der Waals surface area contributed by atoms with Gasteiger partial charge in [-0.3, -0.25) is 9.59 Å². The van der Waals surface area contributed by atoms with E-state index in [1.807, 2.05) is 25.1 Å². The number of amides is 2. The van der Waals surface area contributed by atoms with E-state index in [1.54, 1.807) is 0 Å². The summed E-state index contributed by atoms with van der Waals surface area (Å²) in [5, 5.41) is 5.66. The molecular formula is C19H26N2O4. The number of hydrogen-bond donors (Lipinski definition) is 2. The van der Waals surface area contributed by atoms with Gasteiger partial charge >= 0.3 is 0 Å². The number of benzene rings is 1. The molecule has 1 aromatic rings. The van der Waals surface area contributed by atoms with Crippen LogP contribution in [0.25, 0.3) is 0 Å². The van der Waals surface area contributed by atoms with E-state index in [9.17, 15) is 9.59 Å². The van der Waals surface area contributed by atoms with Crippen LogP contribution in [0.2, 0.25) is 0 Å². The van der Waals surface area contributed by atoms with Crippen molar-refractivity contribution in [2.45, 2.75) is 45.2 Å². The number of rotatable bonds is 6. The maximum Gasteiger partial charge on any atom is 0.242 e. The summed E-state index contributed by atoms with van der Waals surface area (Å²) in [6.45, 7) is 4.59. The third-order valence-electron chi connectivity index (χ3n) is 4.72. The topological polar surface area (TPSA) is 76.7 Å². The molecule has 2 aliphatic rings. The lowest BCUT2D eigenvalue weighted by Crippen LogP contribution is -2.48. The molecule has 2 saturated heterocycles. The van der Waals surface area contributed by atoms with Gasteiger partial charge < -0.3 is 20.1 Å². The molecule has 2 N–H and O–H groups in total. The number of aryl methyl sites for hydroxylation is 1. The number of piperidine rings is 1. The minimum absolute atomic E-state index is 0.0514. The fraction of sp³-hybridized carbons (Fsp3) is 0.579. The van der Waals surface area contributed by atoms with Crippen LogP contribution >= 0.6 is 0 Å². The molecule has 0 aromatic heterocycles. The highest BCUT2D eigenvalue weighted by Crippen LogP contribution is 2.23. The van der Waals surface area contributed by atoms with E-state index in [0.29, 0.717) is 31.9 Å². The van der Waals surface area contributed by atoms with Gasteiger partial charge in [0.25, 0.3) is 0 Å². The highest BCUT2D eigenvalue weighted by molar-refractivity contribution is 5.88. The molecule has 1 unspecified atom stereocenters. The summed E-state index contributed by atoms with van der Waals surface area (Å²) >= 11 is 0. The summed E-state index contributed by atoms with van der Waals surface area (Å²) in [5.41, 5.74) is 2.06. The molecule has 3 rings (SSSR count). The van der Waals surface area contributed by atoms with E-state index in [2.05, 4.69) is 10.6 Å². The Morgan fingerprint density at radius 3 is 3.04 bits per heavy atom. The number of carbonyl (C=O) groups is 2. The fourth-order valence-electron chi connectivity index (χ4n) is 3.17. The van der Waals surface area contributed by atoms with Crippen molar-refractivity contribution in [3.05, 3.63) is 29.3 Å². The normalized spacial score (nSPS) is 23.2. The SMILES string of the molecule is Cc1ccc(CNC(=O)[C@H]2CCCC(=O)N2)c(OCC2CCOC2)c1. The van der Waals surface area contributed by atoms with Crippen LogP contribution in [0.15, 0.2) is 18.2 Å². The lowest BCUT2D eigenvalue weighted by molar-refractivity contribution is -0.131. The second-order valence-corrected chi connectivity index (χ2v) is 6.88. The van der Waals surface area contributed by atoms with Crippen LogP contribution in [-0.4, -0.2) is 37.7 Å².